The first-order valence-corrected chi connectivity index (χ1v) is 7.13. The summed E-state index contributed by atoms with van der Waals surface area (Å²) >= 11 is 0. The third kappa shape index (κ3) is 3.28. The van der Waals surface area contributed by atoms with E-state index in [9.17, 15) is 9.59 Å². The van der Waals surface area contributed by atoms with Crippen molar-refractivity contribution in [1.29, 1.82) is 0 Å². The fourth-order valence-electron chi connectivity index (χ4n) is 2.55. The van der Waals surface area contributed by atoms with Crippen molar-refractivity contribution in [1.82, 2.24) is 25.1 Å². The zero-order valence-electron chi connectivity index (χ0n) is 12.2. The van der Waals surface area contributed by atoms with Crippen molar-refractivity contribution in [2.75, 3.05) is 13.2 Å². The molecular weight excluding hydrogens is 302 g/mol. The van der Waals surface area contributed by atoms with Crippen molar-refractivity contribution < 1.29 is 19.4 Å². The molecule has 2 aromatic rings. The van der Waals surface area contributed by atoms with Crippen LogP contribution < -0.4 is 4.74 Å². The normalized spacial score (nSPS) is 17.2. The molecule has 0 unspecified atom stereocenters. The molecule has 0 aliphatic carbocycles. The maximum Gasteiger partial charge on any atom is 0.326 e. The number of carbonyl (C=O) groups excluding carboxylic acids is 1. The molecule has 9 nitrogen and oxygen atoms in total. The number of aromatic nitrogens is 4. The molecule has 1 fully saturated rings. The Morgan fingerprint density at radius 3 is 3.00 bits per heavy atom. The zero-order valence-corrected chi connectivity index (χ0v) is 12.2. The van der Waals surface area contributed by atoms with Gasteiger partial charge in [0.05, 0.1) is 5.69 Å². The van der Waals surface area contributed by atoms with Crippen LogP contribution in [0.15, 0.2) is 30.6 Å². The summed E-state index contributed by atoms with van der Waals surface area (Å²) in [6.45, 7) is 0.243. The van der Waals surface area contributed by atoms with Crippen molar-refractivity contribution in [2.24, 2.45) is 0 Å². The quantitative estimate of drug-likeness (QED) is 0.833. The summed E-state index contributed by atoms with van der Waals surface area (Å²) in [7, 11) is 0. The van der Waals surface area contributed by atoms with E-state index in [-0.39, 0.29) is 12.5 Å². The fraction of sp³-hybridized carbons (Fsp3) is 0.357. The van der Waals surface area contributed by atoms with E-state index >= 15 is 0 Å². The molecule has 1 N–H and O–H groups in total. The number of amides is 1. The summed E-state index contributed by atoms with van der Waals surface area (Å²) in [5, 5.41) is 20.0. The van der Waals surface area contributed by atoms with Crippen LogP contribution >= 0.6 is 0 Å². The number of nitrogens with zero attached hydrogens (tertiary/aromatic N) is 5. The number of hydrogen-bond donors (Lipinski definition) is 1. The number of carbonyl (C=O) groups is 2. The Balaban J connectivity index is 1.63. The van der Waals surface area contributed by atoms with Gasteiger partial charge in [-0.2, -0.15) is 0 Å². The van der Waals surface area contributed by atoms with Gasteiger partial charge in [0, 0.05) is 12.6 Å². The third-order valence-electron chi connectivity index (χ3n) is 3.65. The van der Waals surface area contributed by atoms with E-state index in [2.05, 4.69) is 15.5 Å². The summed E-state index contributed by atoms with van der Waals surface area (Å²) in [5.74, 6) is -0.823. The molecule has 1 aromatic carbocycles. The average Bonchev–Trinajstić information content (AvgIpc) is 3.23. The van der Waals surface area contributed by atoms with E-state index in [0.29, 0.717) is 30.8 Å². The molecular formula is C14H15N5O4. The number of benzene rings is 1. The first-order valence-electron chi connectivity index (χ1n) is 7.13. The largest absolute Gasteiger partial charge is 0.484 e. The van der Waals surface area contributed by atoms with Gasteiger partial charge in [-0.3, -0.25) is 4.79 Å². The van der Waals surface area contributed by atoms with Gasteiger partial charge in [0.15, 0.2) is 6.61 Å². The Hall–Kier alpha value is -2.97. The van der Waals surface area contributed by atoms with E-state index in [1.54, 1.807) is 24.3 Å². The number of likely N-dealkylation sites (tertiary alicyclic amines) is 1. The molecule has 1 saturated heterocycles. The summed E-state index contributed by atoms with van der Waals surface area (Å²) in [5.41, 5.74) is 0.699. The lowest BCUT2D eigenvalue weighted by Gasteiger charge is -2.21. The molecule has 0 saturated carbocycles. The Morgan fingerprint density at radius 2 is 2.26 bits per heavy atom. The minimum absolute atomic E-state index is 0.206. The average molecular weight is 317 g/mol. The summed E-state index contributed by atoms with van der Waals surface area (Å²) in [4.78, 5) is 24.6. The second kappa shape index (κ2) is 6.42. The number of rotatable bonds is 5. The first kappa shape index (κ1) is 14.9. The lowest BCUT2D eigenvalue weighted by molar-refractivity contribution is -0.148. The zero-order chi connectivity index (χ0) is 16.2. The number of tetrazole rings is 1. The fourth-order valence-corrected chi connectivity index (χ4v) is 2.55. The monoisotopic (exact) mass is 317 g/mol. The minimum atomic E-state index is -0.975. The Bertz CT molecular complexity index is 703. The van der Waals surface area contributed by atoms with Gasteiger partial charge in [-0.1, -0.05) is 6.07 Å². The molecule has 1 atom stereocenters. The van der Waals surface area contributed by atoms with Crippen molar-refractivity contribution in [3.8, 4) is 11.4 Å². The van der Waals surface area contributed by atoms with Crippen LogP contribution in [0.25, 0.3) is 5.69 Å². The molecule has 0 radical (unpaired) electrons. The van der Waals surface area contributed by atoms with Crippen LogP contribution in [0.4, 0.5) is 0 Å². The number of carboxylic acid groups (broad SMARTS) is 1. The molecule has 3 rings (SSSR count). The molecule has 1 aromatic heterocycles. The smallest absolute Gasteiger partial charge is 0.326 e. The van der Waals surface area contributed by atoms with Gasteiger partial charge in [-0.15, -0.1) is 5.10 Å². The molecule has 23 heavy (non-hydrogen) atoms. The van der Waals surface area contributed by atoms with E-state index in [1.165, 1.54) is 15.9 Å². The van der Waals surface area contributed by atoms with Crippen LogP contribution in [0.3, 0.4) is 0 Å². The van der Waals surface area contributed by atoms with Crippen LogP contribution in [-0.2, 0) is 9.59 Å². The number of carboxylic acids is 1. The predicted octanol–water partition coefficient (Wildman–Crippen LogP) is 0.117. The lowest BCUT2D eigenvalue weighted by Crippen LogP contribution is -2.42. The van der Waals surface area contributed by atoms with Crippen LogP contribution in [0.2, 0.25) is 0 Å². The third-order valence-corrected chi connectivity index (χ3v) is 3.65. The van der Waals surface area contributed by atoms with E-state index in [0.717, 1.165) is 0 Å². The standard InChI is InChI=1S/C14H15N5O4/c20-13(18-6-2-5-12(18)14(21)22)8-23-11-4-1-3-10(7-11)19-9-15-16-17-19/h1,3-4,7,9,12H,2,5-6,8H2,(H,21,22)/t12-/m0/s1. The minimum Gasteiger partial charge on any atom is -0.484 e. The molecule has 1 aliphatic heterocycles. The highest BCUT2D eigenvalue weighted by atomic mass is 16.5. The van der Waals surface area contributed by atoms with Gasteiger partial charge in [-0.25, -0.2) is 9.48 Å². The van der Waals surface area contributed by atoms with Gasteiger partial charge in [0.1, 0.15) is 18.1 Å². The summed E-state index contributed by atoms with van der Waals surface area (Å²) < 4.78 is 6.95. The maximum absolute atomic E-state index is 12.1. The molecule has 1 amide bonds. The SMILES string of the molecule is O=C(O)[C@@H]1CCCN1C(=O)COc1cccc(-n2cnnn2)c1. The highest BCUT2D eigenvalue weighted by Crippen LogP contribution is 2.19. The van der Waals surface area contributed by atoms with E-state index < -0.39 is 12.0 Å². The van der Waals surface area contributed by atoms with E-state index in [1.807, 2.05) is 0 Å². The van der Waals surface area contributed by atoms with Crippen LogP contribution in [0, 0.1) is 0 Å². The lowest BCUT2D eigenvalue weighted by atomic mass is 10.2. The summed E-state index contributed by atoms with van der Waals surface area (Å²) in [6, 6.07) is 6.21. The topological polar surface area (TPSA) is 110 Å². The van der Waals surface area contributed by atoms with Gasteiger partial charge in [0.2, 0.25) is 0 Å². The second-order valence-corrected chi connectivity index (χ2v) is 5.12. The second-order valence-electron chi connectivity index (χ2n) is 5.12. The molecule has 2 heterocycles. The van der Waals surface area contributed by atoms with Crippen molar-refractivity contribution in [3.05, 3.63) is 30.6 Å². The van der Waals surface area contributed by atoms with Gasteiger partial charge < -0.3 is 14.7 Å². The molecule has 120 valence electrons. The van der Waals surface area contributed by atoms with Crippen LogP contribution in [0.5, 0.6) is 5.75 Å². The Kier molecular flexibility index (Phi) is 4.18. The van der Waals surface area contributed by atoms with Crippen LogP contribution in [-0.4, -0.2) is 61.3 Å². The van der Waals surface area contributed by atoms with Gasteiger partial charge >= 0.3 is 5.97 Å². The first-order chi connectivity index (χ1) is 11.1. The summed E-state index contributed by atoms with van der Waals surface area (Å²) in [6.07, 6.45) is 2.62. The predicted molar refractivity (Wildman–Crippen MR) is 77.0 cm³/mol. The van der Waals surface area contributed by atoms with Gasteiger partial charge in [-0.05, 0) is 35.4 Å². The Labute approximate surface area is 131 Å². The Morgan fingerprint density at radius 1 is 1.39 bits per heavy atom. The molecule has 0 bridgehead atoms. The van der Waals surface area contributed by atoms with Crippen molar-refractivity contribution >= 4 is 11.9 Å². The number of ether oxygens (including phenoxy) is 1. The van der Waals surface area contributed by atoms with E-state index in [4.69, 9.17) is 9.84 Å². The van der Waals surface area contributed by atoms with Gasteiger partial charge in [0.25, 0.3) is 5.91 Å². The number of hydrogen-bond acceptors (Lipinski definition) is 6. The number of aliphatic carboxylic acids is 1. The maximum atomic E-state index is 12.1. The highest BCUT2D eigenvalue weighted by molar-refractivity contribution is 5.85. The van der Waals surface area contributed by atoms with Crippen molar-refractivity contribution in [2.45, 2.75) is 18.9 Å². The molecule has 9 heteroatoms. The molecule has 0 spiro atoms. The highest BCUT2D eigenvalue weighted by Gasteiger charge is 2.33. The van der Waals surface area contributed by atoms with Crippen LogP contribution in [0.1, 0.15) is 12.8 Å². The van der Waals surface area contributed by atoms with Crippen molar-refractivity contribution in [3.63, 3.8) is 0 Å². The molecule has 1 aliphatic rings.